The Morgan fingerprint density at radius 2 is 1.58 bits per heavy atom. The van der Waals surface area contributed by atoms with E-state index in [1.165, 1.54) is 0 Å². The van der Waals surface area contributed by atoms with Crippen LogP contribution in [0.1, 0.15) is 11.1 Å². The van der Waals surface area contributed by atoms with E-state index in [0.29, 0.717) is 12.1 Å². The van der Waals surface area contributed by atoms with Crippen molar-refractivity contribution in [2.75, 3.05) is 11.9 Å². The molecular formula is C15H15F2NO. The van der Waals surface area contributed by atoms with Gasteiger partial charge in [0.15, 0.2) is 17.4 Å². The number of anilines is 1. The summed E-state index contributed by atoms with van der Waals surface area (Å²) < 4.78 is 26.5. The lowest BCUT2D eigenvalue weighted by Gasteiger charge is -2.19. The van der Waals surface area contributed by atoms with Gasteiger partial charge in [-0.25, -0.2) is 8.78 Å². The lowest BCUT2D eigenvalue weighted by molar-refractivity contribution is 0.395. The topological polar surface area (TPSA) is 23.5 Å². The van der Waals surface area contributed by atoms with Crippen molar-refractivity contribution in [2.45, 2.75) is 13.5 Å². The molecule has 0 unspecified atom stereocenters. The third-order valence-electron chi connectivity index (χ3n) is 2.97. The number of phenolic OH excluding ortho intramolecular Hbond substituents is 1. The van der Waals surface area contributed by atoms with Crippen LogP contribution >= 0.6 is 0 Å². The summed E-state index contributed by atoms with van der Waals surface area (Å²) in [6.07, 6.45) is 0. The van der Waals surface area contributed by atoms with E-state index < -0.39 is 17.4 Å². The molecule has 0 spiro atoms. The first-order valence-corrected chi connectivity index (χ1v) is 5.92. The molecule has 0 aliphatic rings. The van der Waals surface area contributed by atoms with Crippen molar-refractivity contribution in [3.8, 4) is 5.75 Å². The average molecular weight is 263 g/mol. The van der Waals surface area contributed by atoms with E-state index in [2.05, 4.69) is 0 Å². The highest BCUT2D eigenvalue weighted by molar-refractivity contribution is 5.47. The molecule has 0 fully saturated rings. The summed E-state index contributed by atoms with van der Waals surface area (Å²) in [5, 5.41) is 9.05. The number of aromatic hydroxyl groups is 1. The first-order chi connectivity index (χ1) is 8.97. The Bertz CT molecular complexity index is 558. The van der Waals surface area contributed by atoms with Gasteiger partial charge < -0.3 is 10.0 Å². The van der Waals surface area contributed by atoms with Crippen molar-refractivity contribution in [3.05, 3.63) is 59.2 Å². The number of aryl methyl sites for hydroxylation is 1. The smallest absolute Gasteiger partial charge is 0.187 e. The van der Waals surface area contributed by atoms with Crippen LogP contribution in [0.5, 0.6) is 5.75 Å². The summed E-state index contributed by atoms with van der Waals surface area (Å²) in [7, 11) is 1.84. The second-order valence-electron chi connectivity index (χ2n) is 4.60. The quantitative estimate of drug-likeness (QED) is 0.914. The average Bonchev–Trinajstić information content (AvgIpc) is 2.36. The highest BCUT2D eigenvalue weighted by Crippen LogP contribution is 2.23. The summed E-state index contributed by atoms with van der Waals surface area (Å²) in [5.74, 6) is -2.80. The molecule has 2 rings (SSSR count). The molecule has 2 nitrogen and oxygen atoms in total. The van der Waals surface area contributed by atoms with Gasteiger partial charge >= 0.3 is 0 Å². The standard InChI is InChI=1S/C15H15F2NO/c1-10-3-5-12(6-4-10)18(2)9-11-7-13(16)15(19)14(17)8-11/h3-8,19H,9H2,1-2H3. The highest BCUT2D eigenvalue weighted by atomic mass is 19.1. The molecular weight excluding hydrogens is 248 g/mol. The normalized spacial score (nSPS) is 10.5. The van der Waals surface area contributed by atoms with Gasteiger partial charge in [0.25, 0.3) is 0 Å². The van der Waals surface area contributed by atoms with Gasteiger partial charge in [0.1, 0.15) is 0 Å². The van der Waals surface area contributed by atoms with Gasteiger partial charge in [0.2, 0.25) is 0 Å². The van der Waals surface area contributed by atoms with Crippen LogP contribution in [0.4, 0.5) is 14.5 Å². The lowest BCUT2D eigenvalue weighted by atomic mass is 10.1. The first-order valence-electron chi connectivity index (χ1n) is 5.92. The van der Waals surface area contributed by atoms with Crippen molar-refractivity contribution < 1.29 is 13.9 Å². The molecule has 0 bridgehead atoms. The SMILES string of the molecule is Cc1ccc(N(C)Cc2cc(F)c(O)c(F)c2)cc1. The highest BCUT2D eigenvalue weighted by Gasteiger charge is 2.11. The molecule has 1 N–H and O–H groups in total. The van der Waals surface area contributed by atoms with Crippen LogP contribution in [-0.2, 0) is 6.54 Å². The fourth-order valence-electron chi connectivity index (χ4n) is 1.87. The fourth-order valence-corrected chi connectivity index (χ4v) is 1.87. The predicted molar refractivity (Wildman–Crippen MR) is 71.3 cm³/mol. The van der Waals surface area contributed by atoms with Gasteiger partial charge in [-0.3, -0.25) is 0 Å². The molecule has 0 heterocycles. The fraction of sp³-hybridized carbons (Fsp3) is 0.200. The van der Waals surface area contributed by atoms with Crippen molar-refractivity contribution >= 4 is 5.69 Å². The minimum absolute atomic E-state index is 0.358. The molecule has 0 radical (unpaired) electrons. The van der Waals surface area contributed by atoms with E-state index in [1.54, 1.807) is 0 Å². The van der Waals surface area contributed by atoms with E-state index in [0.717, 1.165) is 23.4 Å². The summed E-state index contributed by atoms with van der Waals surface area (Å²) >= 11 is 0. The molecule has 19 heavy (non-hydrogen) atoms. The molecule has 0 aromatic heterocycles. The molecule has 2 aromatic carbocycles. The Kier molecular flexibility index (Phi) is 3.69. The Labute approximate surface area is 110 Å². The van der Waals surface area contributed by atoms with Crippen LogP contribution < -0.4 is 4.90 Å². The third kappa shape index (κ3) is 3.02. The first kappa shape index (κ1) is 13.3. The lowest BCUT2D eigenvalue weighted by Crippen LogP contribution is -2.16. The zero-order valence-electron chi connectivity index (χ0n) is 10.8. The largest absolute Gasteiger partial charge is 0.503 e. The van der Waals surface area contributed by atoms with Crippen molar-refractivity contribution in [1.82, 2.24) is 0 Å². The maximum atomic E-state index is 13.2. The summed E-state index contributed by atoms with van der Waals surface area (Å²) in [6.45, 7) is 2.35. The van der Waals surface area contributed by atoms with E-state index >= 15 is 0 Å². The second kappa shape index (κ2) is 5.26. The van der Waals surface area contributed by atoms with Crippen molar-refractivity contribution in [2.24, 2.45) is 0 Å². The van der Waals surface area contributed by atoms with Crippen LogP contribution in [0, 0.1) is 18.6 Å². The third-order valence-corrected chi connectivity index (χ3v) is 2.97. The van der Waals surface area contributed by atoms with E-state index in [-0.39, 0.29) is 0 Å². The van der Waals surface area contributed by atoms with Crippen LogP contribution in [0.25, 0.3) is 0 Å². The number of nitrogens with zero attached hydrogens (tertiary/aromatic N) is 1. The second-order valence-corrected chi connectivity index (χ2v) is 4.60. The van der Waals surface area contributed by atoms with Gasteiger partial charge in [0, 0.05) is 19.3 Å². The Morgan fingerprint density at radius 1 is 1.05 bits per heavy atom. The number of rotatable bonds is 3. The molecule has 0 atom stereocenters. The monoisotopic (exact) mass is 263 g/mol. The van der Waals surface area contributed by atoms with Gasteiger partial charge in [-0.2, -0.15) is 0 Å². The molecule has 0 aliphatic carbocycles. The Hall–Kier alpha value is -2.10. The Balaban J connectivity index is 2.19. The van der Waals surface area contributed by atoms with Crippen LogP contribution in [0.2, 0.25) is 0 Å². The minimum Gasteiger partial charge on any atom is -0.503 e. The number of benzene rings is 2. The molecule has 2 aromatic rings. The van der Waals surface area contributed by atoms with Crippen molar-refractivity contribution in [1.29, 1.82) is 0 Å². The van der Waals surface area contributed by atoms with E-state index in [1.807, 2.05) is 43.1 Å². The number of hydrogen-bond donors (Lipinski definition) is 1. The van der Waals surface area contributed by atoms with Crippen LogP contribution in [0.15, 0.2) is 36.4 Å². The van der Waals surface area contributed by atoms with Gasteiger partial charge in [-0.05, 0) is 36.8 Å². The number of hydrogen-bond acceptors (Lipinski definition) is 2. The van der Waals surface area contributed by atoms with Crippen LogP contribution in [0.3, 0.4) is 0 Å². The van der Waals surface area contributed by atoms with Gasteiger partial charge in [-0.1, -0.05) is 17.7 Å². The molecule has 0 amide bonds. The molecule has 0 aliphatic heterocycles. The number of phenols is 1. The summed E-state index contributed by atoms with van der Waals surface area (Å²) in [5.41, 5.74) is 2.58. The summed E-state index contributed by atoms with van der Waals surface area (Å²) in [6, 6.07) is 10.1. The maximum absolute atomic E-state index is 13.2. The van der Waals surface area contributed by atoms with E-state index in [4.69, 9.17) is 5.11 Å². The summed E-state index contributed by atoms with van der Waals surface area (Å²) in [4.78, 5) is 1.88. The minimum atomic E-state index is -0.938. The Morgan fingerprint density at radius 3 is 2.11 bits per heavy atom. The molecule has 100 valence electrons. The van der Waals surface area contributed by atoms with Gasteiger partial charge in [0.05, 0.1) is 0 Å². The molecule has 0 saturated heterocycles. The van der Waals surface area contributed by atoms with Crippen LogP contribution in [-0.4, -0.2) is 12.2 Å². The molecule has 4 heteroatoms. The van der Waals surface area contributed by atoms with Gasteiger partial charge in [-0.15, -0.1) is 0 Å². The maximum Gasteiger partial charge on any atom is 0.187 e. The number of halogens is 2. The molecule has 0 saturated carbocycles. The zero-order valence-corrected chi connectivity index (χ0v) is 10.8. The zero-order chi connectivity index (χ0) is 14.0. The van der Waals surface area contributed by atoms with E-state index in [9.17, 15) is 8.78 Å². The van der Waals surface area contributed by atoms with Crippen molar-refractivity contribution in [3.63, 3.8) is 0 Å². The predicted octanol–water partition coefficient (Wildman–Crippen LogP) is 3.62.